The molecular weight excluding hydrogens is 342 g/mol. The molecule has 1 atom stereocenters. The average molecular weight is 378 g/mol. The lowest BCUT2D eigenvalue weighted by Crippen LogP contribution is -2.42. The molecule has 2 aromatic carbocycles. The lowest BCUT2D eigenvalue weighted by Gasteiger charge is -2.34. The molecule has 1 saturated heterocycles. The van der Waals surface area contributed by atoms with Gasteiger partial charge in [-0.05, 0) is 54.7 Å². The highest BCUT2D eigenvalue weighted by Gasteiger charge is 2.27. The van der Waals surface area contributed by atoms with E-state index in [1.807, 2.05) is 0 Å². The summed E-state index contributed by atoms with van der Waals surface area (Å²) in [7, 11) is 0. The molecular formula is C26H35NO. The first-order valence-electron chi connectivity index (χ1n) is 11.1. The number of carbonyl (C=O) groups excluding carboxylic acids is 1. The number of piperidine rings is 1. The first kappa shape index (κ1) is 20.6. The molecule has 2 nitrogen and oxygen atoms in total. The monoisotopic (exact) mass is 377 g/mol. The van der Waals surface area contributed by atoms with Crippen LogP contribution >= 0.6 is 0 Å². The number of hydrogen-bond donors (Lipinski definition) is 0. The van der Waals surface area contributed by atoms with Gasteiger partial charge in [0, 0.05) is 19.0 Å². The standard InChI is InChI=1S/C26H35NO/c1-3-5-9-23(4-2)26(28)27-18-16-22(17-19-27)20-21-12-14-25(15-13-21)24-10-7-6-8-11-24/h6-8,10-15,22-23H,3-5,9,16-20H2,1-2H3/t23-/m0/s1. The Labute approximate surface area is 171 Å². The Kier molecular flexibility index (Phi) is 7.71. The summed E-state index contributed by atoms with van der Waals surface area (Å²) >= 11 is 0. The Bertz CT molecular complexity index is 714. The zero-order valence-electron chi connectivity index (χ0n) is 17.6. The minimum atomic E-state index is 0.238. The maximum Gasteiger partial charge on any atom is 0.225 e. The van der Waals surface area contributed by atoms with Crippen LogP contribution < -0.4 is 0 Å². The van der Waals surface area contributed by atoms with Gasteiger partial charge in [-0.25, -0.2) is 0 Å². The fourth-order valence-electron chi connectivity index (χ4n) is 4.37. The van der Waals surface area contributed by atoms with Gasteiger partial charge in [-0.2, -0.15) is 0 Å². The Balaban J connectivity index is 1.49. The molecule has 0 spiro atoms. The van der Waals surface area contributed by atoms with Crippen molar-refractivity contribution >= 4 is 5.91 Å². The Hall–Kier alpha value is -2.09. The van der Waals surface area contributed by atoms with Crippen molar-refractivity contribution in [3.63, 3.8) is 0 Å². The van der Waals surface area contributed by atoms with Crippen LogP contribution in [0.1, 0.15) is 57.9 Å². The summed E-state index contributed by atoms with van der Waals surface area (Å²) in [5.74, 6) is 1.34. The van der Waals surface area contributed by atoms with E-state index in [-0.39, 0.29) is 5.92 Å². The molecule has 1 amide bonds. The molecule has 1 aliphatic rings. The second-order valence-electron chi connectivity index (χ2n) is 8.28. The fourth-order valence-corrected chi connectivity index (χ4v) is 4.37. The molecule has 0 saturated carbocycles. The van der Waals surface area contributed by atoms with Crippen LogP contribution in [0.5, 0.6) is 0 Å². The highest BCUT2D eigenvalue weighted by molar-refractivity contribution is 5.78. The van der Waals surface area contributed by atoms with Gasteiger partial charge < -0.3 is 4.90 Å². The van der Waals surface area contributed by atoms with Crippen LogP contribution in [0.2, 0.25) is 0 Å². The lowest BCUT2D eigenvalue weighted by atomic mass is 9.88. The normalized spacial score (nSPS) is 16.1. The summed E-state index contributed by atoms with van der Waals surface area (Å²) in [4.78, 5) is 14.9. The minimum absolute atomic E-state index is 0.238. The molecule has 0 unspecified atom stereocenters. The third-order valence-electron chi connectivity index (χ3n) is 6.26. The number of likely N-dealkylation sites (tertiary alicyclic amines) is 1. The maximum absolute atomic E-state index is 12.8. The minimum Gasteiger partial charge on any atom is -0.342 e. The van der Waals surface area contributed by atoms with E-state index in [1.165, 1.54) is 29.5 Å². The SMILES string of the molecule is CCCC[C@H](CC)C(=O)N1CCC(Cc2ccc(-c3ccccc3)cc2)CC1. The number of hydrogen-bond acceptors (Lipinski definition) is 1. The van der Waals surface area contributed by atoms with Gasteiger partial charge in [0.1, 0.15) is 0 Å². The molecule has 0 bridgehead atoms. The maximum atomic E-state index is 12.8. The van der Waals surface area contributed by atoms with E-state index >= 15 is 0 Å². The number of amides is 1. The molecule has 1 fully saturated rings. The van der Waals surface area contributed by atoms with Crippen molar-refractivity contribution in [2.24, 2.45) is 11.8 Å². The van der Waals surface area contributed by atoms with Crippen molar-refractivity contribution in [3.8, 4) is 11.1 Å². The molecule has 0 aliphatic carbocycles. The van der Waals surface area contributed by atoms with Crippen molar-refractivity contribution in [1.82, 2.24) is 4.90 Å². The molecule has 1 heterocycles. The number of unbranched alkanes of at least 4 members (excludes halogenated alkanes) is 1. The van der Waals surface area contributed by atoms with E-state index in [0.29, 0.717) is 11.8 Å². The first-order valence-corrected chi connectivity index (χ1v) is 11.1. The van der Waals surface area contributed by atoms with Gasteiger partial charge in [-0.1, -0.05) is 81.3 Å². The van der Waals surface area contributed by atoms with Gasteiger partial charge >= 0.3 is 0 Å². The molecule has 3 rings (SSSR count). The third-order valence-corrected chi connectivity index (χ3v) is 6.26. The molecule has 2 aromatic rings. The second-order valence-corrected chi connectivity index (χ2v) is 8.28. The highest BCUT2D eigenvalue weighted by atomic mass is 16.2. The van der Waals surface area contributed by atoms with Gasteiger partial charge in [0.05, 0.1) is 0 Å². The van der Waals surface area contributed by atoms with Crippen LogP contribution in [0.3, 0.4) is 0 Å². The first-order chi connectivity index (χ1) is 13.7. The summed E-state index contributed by atoms with van der Waals surface area (Å²) in [6, 6.07) is 19.6. The van der Waals surface area contributed by atoms with Gasteiger partial charge in [0.25, 0.3) is 0 Å². The van der Waals surface area contributed by atoms with E-state index in [4.69, 9.17) is 0 Å². The molecule has 0 aromatic heterocycles. The van der Waals surface area contributed by atoms with Crippen molar-refractivity contribution in [2.75, 3.05) is 13.1 Å². The molecule has 0 radical (unpaired) electrons. The van der Waals surface area contributed by atoms with Crippen LogP contribution in [0.4, 0.5) is 0 Å². The van der Waals surface area contributed by atoms with Crippen LogP contribution in [0.25, 0.3) is 11.1 Å². The molecule has 150 valence electrons. The Morgan fingerprint density at radius 3 is 2.21 bits per heavy atom. The number of carbonyl (C=O) groups is 1. The zero-order chi connectivity index (χ0) is 19.8. The van der Waals surface area contributed by atoms with Gasteiger partial charge in [-0.3, -0.25) is 4.79 Å². The Morgan fingerprint density at radius 1 is 0.964 bits per heavy atom. The van der Waals surface area contributed by atoms with E-state index in [1.54, 1.807) is 0 Å². The van der Waals surface area contributed by atoms with Crippen LogP contribution in [0.15, 0.2) is 54.6 Å². The average Bonchev–Trinajstić information content (AvgIpc) is 2.76. The molecule has 28 heavy (non-hydrogen) atoms. The van der Waals surface area contributed by atoms with E-state index < -0.39 is 0 Å². The van der Waals surface area contributed by atoms with Gasteiger partial charge in [0.15, 0.2) is 0 Å². The van der Waals surface area contributed by atoms with Crippen LogP contribution in [-0.2, 0) is 11.2 Å². The summed E-state index contributed by atoms with van der Waals surface area (Å²) in [6.07, 6.45) is 7.78. The summed E-state index contributed by atoms with van der Waals surface area (Å²) in [5.41, 5.74) is 3.97. The van der Waals surface area contributed by atoms with Crippen molar-refractivity contribution in [2.45, 2.75) is 58.8 Å². The van der Waals surface area contributed by atoms with Crippen molar-refractivity contribution in [1.29, 1.82) is 0 Å². The van der Waals surface area contributed by atoms with Crippen LogP contribution in [-0.4, -0.2) is 23.9 Å². The zero-order valence-corrected chi connectivity index (χ0v) is 17.6. The van der Waals surface area contributed by atoms with E-state index in [9.17, 15) is 4.79 Å². The Morgan fingerprint density at radius 2 is 1.61 bits per heavy atom. The topological polar surface area (TPSA) is 20.3 Å². The summed E-state index contributed by atoms with van der Waals surface area (Å²) in [6.45, 7) is 6.24. The third kappa shape index (κ3) is 5.47. The van der Waals surface area contributed by atoms with Crippen molar-refractivity contribution in [3.05, 3.63) is 60.2 Å². The number of rotatable bonds is 8. The quantitative estimate of drug-likeness (QED) is 0.525. The highest BCUT2D eigenvalue weighted by Crippen LogP contribution is 2.26. The summed E-state index contributed by atoms with van der Waals surface area (Å²) in [5, 5.41) is 0. The number of benzene rings is 2. The summed E-state index contributed by atoms with van der Waals surface area (Å²) < 4.78 is 0. The predicted molar refractivity (Wildman–Crippen MR) is 118 cm³/mol. The largest absolute Gasteiger partial charge is 0.342 e. The van der Waals surface area contributed by atoms with Gasteiger partial charge in [-0.15, -0.1) is 0 Å². The smallest absolute Gasteiger partial charge is 0.225 e. The lowest BCUT2D eigenvalue weighted by molar-refractivity contribution is -0.137. The predicted octanol–water partition coefficient (Wildman–Crippen LogP) is 6.35. The van der Waals surface area contributed by atoms with Crippen molar-refractivity contribution < 1.29 is 4.79 Å². The fraction of sp³-hybridized carbons (Fsp3) is 0.500. The van der Waals surface area contributed by atoms with Gasteiger partial charge in [0.2, 0.25) is 5.91 Å². The van der Waals surface area contributed by atoms with E-state index in [2.05, 4.69) is 73.3 Å². The molecule has 2 heteroatoms. The van der Waals surface area contributed by atoms with E-state index in [0.717, 1.165) is 45.2 Å². The molecule has 1 aliphatic heterocycles. The second kappa shape index (κ2) is 10.5. The van der Waals surface area contributed by atoms with Crippen LogP contribution in [0, 0.1) is 11.8 Å². The number of nitrogens with zero attached hydrogens (tertiary/aromatic N) is 1. The molecule has 0 N–H and O–H groups in total.